The first-order valence-electron chi connectivity index (χ1n) is 9.90. The predicted octanol–water partition coefficient (Wildman–Crippen LogP) is 2.76. The number of piperidine rings is 1. The summed E-state index contributed by atoms with van der Waals surface area (Å²) in [5.74, 6) is -0.0157. The van der Waals surface area contributed by atoms with Crippen LogP contribution >= 0.6 is 11.3 Å². The van der Waals surface area contributed by atoms with Crippen molar-refractivity contribution in [2.45, 2.75) is 44.9 Å². The highest BCUT2D eigenvalue weighted by Gasteiger charge is 2.30. The van der Waals surface area contributed by atoms with E-state index in [4.69, 9.17) is 5.73 Å². The van der Waals surface area contributed by atoms with Crippen molar-refractivity contribution < 1.29 is 9.59 Å². The summed E-state index contributed by atoms with van der Waals surface area (Å²) in [4.78, 5) is 36.9. The van der Waals surface area contributed by atoms with Crippen LogP contribution in [0.3, 0.4) is 0 Å². The van der Waals surface area contributed by atoms with Gasteiger partial charge in [-0.05, 0) is 50.2 Å². The van der Waals surface area contributed by atoms with E-state index in [1.807, 2.05) is 4.90 Å². The zero-order chi connectivity index (χ0) is 19.5. The molecule has 2 aliphatic rings. The molecule has 148 valence electrons. The Bertz CT molecular complexity index is 867. The van der Waals surface area contributed by atoms with Gasteiger partial charge >= 0.3 is 0 Å². The van der Waals surface area contributed by atoms with Gasteiger partial charge in [-0.15, -0.1) is 11.3 Å². The third-order valence-corrected chi connectivity index (χ3v) is 6.74. The summed E-state index contributed by atoms with van der Waals surface area (Å²) in [5.41, 5.74) is 7.25. The van der Waals surface area contributed by atoms with Crippen molar-refractivity contribution in [1.29, 1.82) is 0 Å². The van der Waals surface area contributed by atoms with Crippen molar-refractivity contribution in [2.75, 3.05) is 23.3 Å². The highest BCUT2D eigenvalue weighted by molar-refractivity contribution is 7.17. The smallest absolute Gasteiger partial charge is 0.251 e. The second-order valence-electron chi connectivity index (χ2n) is 7.46. The minimum absolute atomic E-state index is 0.0560. The van der Waals surface area contributed by atoms with Crippen LogP contribution in [-0.2, 0) is 17.6 Å². The number of aryl methyl sites for hydroxylation is 1. The van der Waals surface area contributed by atoms with E-state index in [2.05, 4.69) is 15.3 Å². The minimum atomic E-state index is -0.447. The van der Waals surface area contributed by atoms with Gasteiger partial charge in [0.1, 0.15) is 5.00 Å². The quantitative estimate of drug-likeness (QED) is 0.770. The van der Waals surface area contributed by atoms with Gasteiger partial charge in [0, 0.05) is 30.4 Å². The number of fused-ring (bicyclic) bond motifs is 1. The van der Waals surface area contributed by atoms with Crippen LogP contribution in [0.15, 0.2) is 18.5 Å². The standard InChI is InChI=1S/C20H25N5O2S/c21-17(26)16-14-7-2-1-3-8-15(14)28-19(16)24-18(27)13-6-4-11-25(12-13)20-22-9-5-10-23-20/h5,9-10,13H,1-4,6-8,11-12H2,(H2,21,26)(H,24,27). The maximum absolute atomic E-state index is 13.0. The number of carbonyl (C=O) groups excluding carboxylic acids is 2. The second kappa shape index (κ2) is 8.26. The molecule has 1 atom stereocenters. The molecule has 0 radical (unpaired) electrons. The summed E-state index contributed by atoms with van der Waals surface area (Å²) in [7, 11) is 0. The van der Waals surface area contributed by atoms with E-state index < -0.39 is 5.91 Å². The summed E-state index contributed by atoms with van der Waals surface area (Å²) in [6.45, 7) is 1.42. The molecule has 4 rings (SSSR count). The maximum Gasteiger partial charge on any atom is 0.251 e. The monoisotopic (exact) mass is 399 g/mol. The van der Waals surface area contributed by atoms with Crippen molar-refractivity contribution in [1.82, 2.24) is 9.97 Å². The van der Waals surface area contributed by atoms with Gasteiger partial charge in [-0.25, -0.2) is 9.97 Å². The topological polar surface area (TPSA) is 101 Å². The van der Waals surface area contributed by atoms with Gasteiger partial charge in [-0.2, -0.15) is 0 Å². The zero-order valence-corrected chi connectivity index (χ0v) is 16.6. The van der Waals surface area contributed by atoms with Crippen molar-refractivity contribution in [3.8, 4) is 0 Å². The van der Waals surface area contributed by atoms with Gasteiger partial charge in [0.2, 0.25) is 11.9 Å². The van der Waals surface area contributed by atoms with E-state index in [-0.39, 0.29) is 11.8 Å². The largest absolute Gasteiger partial charge is 0.365 e. The average Bonchev–Trinajstić information content (AvgIpc) is 2.89. The average molecular weight is 400 g/mol. The molecule has 1 fully saturated rings. The molecule has 1 unspecified atom stereocenters. The first kappa shape index (κ1) is 18.9. The number of amides is 2. The Morgan fingerprint density at radius 1 is 1.14 bits per heavy atom. The summed E-state index contributed by atoms with van der Waals surface area (Å²) in [6.07, 6.45) is 10.3. The first-order chi connectivity index (χ1) is 13.6. The molecule has 1 aliphatic carbocycles. The van der Waals surface area contributed by atoms with Crippen LogP contribution in [0.25, 0.3) is 0 Å². The van der Waals surface area contributed by atoms with Crippen LogP contribution in [0, 0.1) is 5.92 Å². The number of nitrogens with zero attached hydrogens (tertiary/aromatic N) is 3. The van der Waals surface area contributed by atoms with E-state index >= 15 is 0 Å². The molecule has 28 heavy (non-hydrogen) atoms. The van der Waals surface area contributed by atoms with Gasteiger partial charge < -0.3 is 16.0 Å². The summed E-state index contributed by atoms with van der Waals surface area (Å²) in [6, 6.07) is 1.78. The predicted molar refractivity (Wildman–Crippen MR) is 110 cm³/mol. The number of anilines is 2. The molecule has 0 saturated carbocycles. The minimum Gasteiger partial charge on any atom is -0.365 e. The third-order valence-electron chi connectivity index (χ3n) is 5.53. The SMILES string of the molecule is NC(=O)c1c(NC(=O)C2CCCN(c3ncccn3)C2)sc2c1CCCCC2. The lowest BCUT2D eigenvalue weighted by atomic mass is 9.97. The molecule has 0 spiro atoms. The van der Waals surface area contributed by atoms with Gasteiger partial charge in [0.25, 0.3) is 5.91 Å². The van der Waals surface area contributed by atoms with Crippen LogP contribution in [0.4, 0.5) is 10.9 Å². The van der Waals surface area contributed by atoms with E-state index in [0.29, 0.717) is 23.1 Å². The van der Waals surface area contributed by atoms with Gasteiger partial charge in [0.05, 0.1) is 11.5 Å². The summed E-state index contributed by atoms with van der Waals surface area (Å²) < 4.78 is 0. The van der Waals surface area contributed by atoms with Crippen molar-refractivity contribution >= 4 is 34.1 Å². The lowest BCUT2D eigenvalue weighted by Crippen LogP contribution is -2.41. The number of hydrogen-bond donors (Lipinski definition) is 2. The molecule has 3 heterocycles. The lowest BCUT2D eigenvalue weighted by Gasteiger charge is -2.31. The number of nitrogens with one attached hydrogen (secondary N) is 1. The summed E-state index contributed by atoms with van der Waals surface area (Å²) >= 11 is 1.52. The van der Waals surface area contributed by atoms with E-state index in [1.54, 1.807) is 18.5 Å². The Balaban J connectivity index is 1.51. The van der Waals surface area contributed by atoms with Crippen LogP contribution < -0.4 is 16.0 Å². The molecule has 0 aromatic carbocycles. The first-order valence-corrected chi connectivity index (χ1v) is 10.7. The molecule has 3 N–H and O–H groups in total. The number of hydrogen-bond acceptors (Lipinski definition) is 6. The second-order valence-corrected chi connectivity index (χ2v) is 8.56. The third kappa shape index (κ3) is 3.87. The number of rotatable bonds is 4. The van der Waals surface area contributed by atoms with Crippen molar-refractivity contribution in [2.24, 2.45) is 11.7 Å². The fourth-order valence-corrected chi connectivity index (χ4v) is 5.43. The normalized spacial score (nSPS) is 19.6. The number of primary amides is 1. The molecular formula is C20H25N5O2S. The van der Waals surface area contributed by atoms with Crippen LogP contribution in [0.5, 0.6) is 0 Å². The maximum atomic E-state index is 13.0. The summed E-state index contributed by atoms with van der Waals surface area (Å²) in [5, 5.41) is 3.65. The Morgan fingerprint density at radius 3 is 2.71 bits per heavy atom. The molecule has 0 bridgehead atoms. The number of nitrogens with two attached hydrogens (primary N) is 1. The Kier molecular flexibility index (Phi) is 5.57. The molecule has 1 saturated heterocycles. The van der Waals surface area contributed by atoms with E-state index in [9.17, 15) is 9.59 Å². The van der Waals surface area contributed by atoms with Crippen LogP contribution in [0.2, 0.25) is 0 Å². The van der Waals surface area contributed by atoms with Gasteiger partial charge in [-0.3, -0.25) is 9.59 Å². The Morgan fingerprint density at radius 2 is 1.93 bits per heavy atom. The van der Waals surface area contributed by atoms with Crippen molar-refractivity contribution in [3.05, 3.63) is 34.5 Å². The molecule has 2 aromatic heterocycles. The number of carbonyl (C=O) groups is 2. The molecule has 8 heteroatoms. The highest BCUT2D eigenvalue weighted by atomic mass is 32.1. The van der Waals surface area contributed by atoms with E-state index in [0.717, 1.165) is 50.6 Å². The molecule has 7 nitrogen and oxygen atoms in total. The lowest BCUT2D eigenvalue weighted by molar-refractivity contribution is -0.120. The van der Waals surface area contributed by atoms with Gasteiger partial charge in [0.15, 0.2) is 0 Å². The fraction of sp³-hybridized carbons (Fsp3) is 0.500. The molecule has 2 amide bonds. The Hall–Kier alpha value is -2.48. The number of aromatic nitrogens is 2. The van der Waals surface area contributed by atoms with Crippen LogP contribution in [-0.4, -0.2) is 34.9 Å². The molecular weight excluding hydrogens is 374 g/mol. The molecule has 1 aliphatic heterocycles. The highest BCUT2D eigenvalue weighted by Crippen LogP contribution is 2.37. The van der Waals surface area contributed by atoms with E-state index in [1.165, 1.54) is 22.6 Å². The number of thiophene rings is 1. The Labute approximate surface area is 168 Å². The van der Waals surface area contributed by atoms with Crippen molar-refractivity contribution in [3.63, 3.8) is 0 Å². The zero-order valence-electron chi connectivity index (χ0n) is 15.8. The molecule has 2 aromatic rings. The van der Waals surface area contributed by atoms with Gasteiger partial charge in [-0.1, -0.05) is 6.42 Å². The van der Waals surface area contributed by atoms with Crippen LogP contribution in [0.1, 0.15) is 52.9 Å². The fourth-order valence-electron chi connectivity index (χ4n) is 4.13.